The van der Waals surface area contributed by atoms with Gasteiger partial charge in [-0.25, -0.2) is 0 Å². The van der Waals surface area contributed by atoms with Crippen LogP contribution in [0.3, 0.4) is 0 Å². The Morgan fingerprint density at radius 2 is 1.30 bits per heavy atom. The second-order valence-corrected chi connectivity index (χ2v) is 6.65. The van der Waals surface area contributed by atoms with Crippen LogP contribution < -0.4 is 0 Å². The summed E-state index contributed by atoms with van der Waals surface area (Å²) in [5.41, 5.74) is -0.168. The predicted molar refractivity (Wildman–Crippen MR) is 88.2 cm³/mol. The number of methoxy groups -OCH3 is 2. The van der Waals surface area contributed by atoms with Gasteiger partial charge in [0.2, 0.25) is 0 Å². The lowest BCUT2D eigenvalue weighted by atomic mass is 9.74. The third-order valence-electron chi connectivity index (χ3n) is 4.77. The second-order valence-electron chi connectivity index (χ2n) is 6.65. The summed E-state index contributed by atoms with van der Waals surface area (Å²) in [4.78, 5) is 0. The Bertz CT molecular complexity index is 215. The van der Waals surface area contributed by atoms with Crippen molar-refractivity contribution in [2.45, 2.75) is 91.3 Å². The van der Waals surface area contributed by atoms with Crippen LogP contribution in [0.2, 0.25) is 0 Å². The van der Waals surface area contributed by atoms with Crippen LogP contribution in [0.1, 0.15) is 79.6 Å². The van der Waals surface area contributed by atoms with Crippen LogP contribution in [0, 0.1) is 11.8 Å². The zero-order valence-electron chi connectivity index (χ0n) is 15.0. The highest BCUT2D eigenvalue weighted by atomic mass is 16.5. The van der Waals surface area contributed by atoms with E-state index in [1.165, 1.54) is 38.5 Å². The summed E-state index contributed by atoms with van der Waals surface area (Å²) in [6, 6.07) is 0. The Morgan fingerprint density at radius 1 is 0.800 bits per heavy atom. The van der Waals surface area contributed by atoms with Gasteiger partial charge in [-0.3, -0.25) is 0 Å². The van der Waals surface area contributed by atoms with E-state index in [1.807, 2.05) is 14.2 Å². The lowest BCUT2D eigenvalue weighted by Gasteiger charge is -2.45. The van der Waals surface area contributed by atoms with Crippen LogP contribution >= 0.6 is 0 Å². The molecule has 0 amide bonds. The summed E-state index contributed by atoms with van der Waals surface area (Å²) < 4.78 is 11.8. The number of ether oxygens (including phenoxy) is 2. The first-order chi connectivity index (χ1) is 9.47. The van der Waals surface area contributed by atoms with Gasteiger partial charge in [-0.2, -0.15) is 0 Å². The minimum absolute atomic E-state index is 0.168. The fraction of sp³-hybridized carbons (Fsp3) is 1.00. The first-order valence-electron chi connectivity index (χ1n) is 8.55. The lowest BCUT2D eigenvalue weighted by molar-refractivity contribution is -0.171. The minimum Gasteiger partial charge on any atom is -0.378 e. The molecule has 1 unspecified atom stereocenters. The summed E-state index contributed by atoms with van der Waals surface area (Å²) in [7, 11) is 3.67. The van der Waals surface area contributed by atoms with Crippen LogP contribution in [-0.4, -0.2) is 25.9 Å². The molecular weight excluding hydrogens is 248 g/mol. The Morgan fingerprint density at radius 3 is 1.70 bits per heavy atom. The van der Waals surface area contributed by atoms with Gasteiger partial charge in [0.05, 0.1) is 11.7 Å². The molecule has 2 heteroatoms. The highest BCUT2D eigenvalue weighted by Gasteiger charge is 2.44. The summed E-state index contributed by atoms with van der Waals surface area (Å²) in [5.74, 6) is 0.912. The monoisotopic (exact) mass is 286 g/mol. The molecule has 0 radical (unpaired) electrons. The van der Waals surface area contributed by atoms with Crippen molar-refractivity contribution in [1.82, 2.24) is 0 Å². The maximum atomic E-state index is 5.98. The molecular formula is C18H38O2. The molecule has 122 valence electrons. The van der Waals surface area contributed by atoms with Gasteiger partial charge in [-0.1, -0.05) is 73.1 Å². The minimum atomic E-state index is -0.168. The Kier molecular flexibility index (Phi) is 10.6. The van der Waals surface area contributed by atoms with E-state index in [0.717, 1.165) is 6.42 Å². The molecule has 0 rings (SSSR count). The quantitative estimate of drug-likeness (QED) is 0.444. The molecule has 2 nitrogen and oxygen atoms in total. The summed E-state index contributed by atoms with van der Waals surface area (Å²) in [6.45, 7) is 11.3. The molecule has 0 aromatic rings. The van der Waals surface area contributed by atoms with Crippen molar-refractivity contribution >= 4 is 0 Å². The summed E-state index contributed by atoms with van der Waals surface area (Å²) in [5, 5.41) is 0. The molecule has 0 fully saturated rings. The van der Waals surface area contributed by atoms with Crippen molar-refractivity contribution in [3.05, 3.63) is 0 Å². The lowest BCUT2D eigenvalue weighted by Crippen LogP contribution is -2.53. The molecule has 20 heavy (non-hydrogen) atoms. The highest BCUT2D eigenvalue weighted by molar-refractivity contribution is 4.94. The van der Waals surface area contributed by atoms with Crippen molar-refractivity contribution < 1.29 is 9.47 Å². The zero-order chi connectivity index (χ0) is 15.6. The number of rotatable bonds is 12. The fourth-order valence-corrected chi connectivity index (χ4v) is 3.65. The summed E-state index contributed by atoms with van der Waals surface area (Å²) in [6.07, 6.45) is 9.27. The normalized spacial score (nSPS) is 14.2. The van der Waals surface area contributed by atoms with E-state index in [-0.39, 0.29) is 11.7 Å². The van der Waals surface area contributed by atoms with E-state index in [1.54, 1.807) is 0 Å². The van der Waals surface area contributed by atoms with Gasteiger partial charge in [0.1, 0.15) is 0 Å². The Labute approximate surface area is 127 Å². The van der Waals surface area contributed by atoms with Crippen LogP contribution in [0.15, 0.2) is 0 Å². The molecule has 1 atom stereocenters. The van der Waals surface area contributed by atoms with Gasteiger partial charge < -0.3 is 9.47 Å². The van der Waals surface area contributed by atoms with Gasteiger partial charge in [0.15, 0.2) is 0 Å². The number of hydrogen-bond donors (Lipinski definition) is 0. The molecule has 0 heterocycles. The average molecular weight is 286 g/mol. The fourth-order valence-electron chi connectivity index (χ4n) is 3.65. The topological polar surface area (TPSA) is 18.5 Å². The third kappa shape index (κ3) is 5.37. The smallest absolute Gasteiger partial charge is 0.0984 e. The molecule has 0 saturated carbocycles. The van der Waals surface area contributed by atoms with Crippen molar-refractivity contribution in [2.75, 3.05) is 14.2 Å². The molecule has 0 aromatic carbocycles. The first kappa shape index (κ1) is 19.9. The standard InChI is InChI=1S/C18H38O2/c1-8-9-10-11-12-13-14-17(19-6)18(20-7,15(2)3)16(4)5/h15-17H,8-14H2,1-7H3. The average Bonchev–Trinajstić information content (AvgIpc) is 2.40. The van der Waals surface area contributed by atoms with Gasteiger partial charge >= 0.3 is 0 Å². The van der Waals surface area contributed by atoms with E-state index < -0.39 is 0 Å². The van der Waals surface area contributed by atoms with Gasteiger partial charge in [-0.05, 0) is 18.3 Å². The van der Waals surface area contributed by atoms with E-state index in [4.69, 9.17) is 9.47 Å². The summed E-state index contributed by atoms with van der Waals surface area (Å²) >= 11 is 0. The van der Waals surface area contributed by atoms with Gasteiger partial charge in [0, 0.05) is 14.2 Å². The molecule has 0 bridgehead atoms. The number of unbranched alkanes of at least 4 members (excludes halogenated alkanes) is 5. The van der Waals surface area contributed by atoms with Crippen LogP contribution in [0.25, 0.3) is 0 Å². The van der Waals surface area contributed by atoms with Crippen LogP contribution in [-0.2, 0) is 9.47 Å². The SMILES string of the molecule is CCCCCCCCC(OC)C(OC)(C(C)C)C(C)C. The largest absolute Gasteiger partial charge is 0.378 e. The Balaban J connectivity index is 4.46. The molecule has 0 aliphatic carbocycles. The van der Waals surface area contributed by atoms with Gasteiger partial charge in [-0.15, -0.1) is 0 Å². The number of hydrogen-bond acceptors (Lipinski definition) is 2. The molecule has 0 saturated heterocycles. The molecule has 0 spiro atoms. The second kappa shape index (κ2) is 10.6. The van der Waals surface area contributed by atoms with Crippen LogP contribution in [0.4, 0.5) is 0 Å². The van der Waals surface area contributed by atoms with Crippen molar-refractivity contribution in [1.29, 1.82) is 0 Å². The van der Waals surface area contributed by atoms with E-state index >= 15 is 0 Å². The van der Waals surface area contributed by atoms with E-state index in [0.29, 0.717) is 11.8 Å². The predicted octanol–water partition coefficient (Wildman–Crippen LogP) is 5.45. The van der Waals surface area contributed by atoms with Crippen LogP contribution in [0.5, 0.6) is 0 Å². The first-order valence-corrected chi connectivity index (χ1v) is 8.55. The molecule has 0 aliphatic heterocycles. The molecule has 0 aliphatic rings. The molecule has 0 aromatic heterocycles. The maximum absolute atomic E-state index is 5.98. The third-order valence-corrected chi connectivity index (χ3v) is 4.77. The highest BCUT2D eigenvalue weighted by Crippen LogP contribution is 2.37. The van der Waals surface area contributed by atoms with E-state index in [2.05, 4.69) is 34.6 Å². The maximum Gasteiger partial charge on any atom is 0.0984 e. The van der Waals surface area contributed by atoms with Crippen molar-refractivity contribution in [3.8, 4) is 0 Å². The Hall–Kier alpha value is -0.0800. The van der Waals surface area contributed by atoms with Crippen molar-refractivity contribution in [3.63, 3.8) is 0 Å². The van der Waals surface area contributed by atoms with Crippen molar-refractivity contribution in [2.24, 2.45) is 11.8 Å². The zero-order valence-corrected chi connectivity index (χ0v) is 15.0. The molecule has 0 N–H and O–H groups in total. The van der Waals surface area contributed by atoms with E-state index in [9.17, 15) is 0 Å². The van der Waals surface area contributed by atoms with Gasteiger partial charge in [0.25, 0.3) is 0 Å².